The van der Waals surface area contributed by atoms with E-state index in [9.17, 15) is 0 Å². The molecule has 6 heteroatoms. The molecular weight excluding hydrogens is 232 g/mol. The molecular formula is C9H15ClN4S. The second-order valence-electron chi connectivity index (χ2n) is 3.95. The number of rotatable bonds is 3. The quantitative estimate of drug-likeness (QED) is 0.875. The maximum atomic E-state index is 5.96. The van der Waals surface area contributed by atoms with E-state index in [1.807, 2.05) is 0 Å². The van der Waals surface area contributed by atoms with Crippen LogP contribution in [0, 0.1) is 5.92 Å². The lowest BCUT2D eigenvalue weighted by Crippen LogP contribution is -2.35. The molecule has 0 atom stereocenters. The molecule has 2 rings (SSSR count). The maximum Gasteiger partial charge on any atom is 0.138 e. The molecule has 15 heavy (non-hydrogen) atoms. The average Bonchev–Trinajstić information content (AvgIpc) is 2.66. The highest BCUT2D eigenvalue weighted by atomic mass is 35.5. The summed E-state index contributed by atoms with van der Waals surface area (Å²) < 4.78 is 4.55. The number of likely N-dealkylation sites (tertiary alicyclic amines) is 1. The lowest BCUT2D eigenvalue weighted by Gasteiger charge is -2.30. The predicted molar refractivity (Wildman–Crippen MR) is 62.0 cm³/mol. The first-order chi connectivity index (χ1) is 7.29. The van der Waals surface area contributed by atoms with Crippen LogP contribution in [0.2, 0.25) is 4.34 Å². The minimum Gasteiger partial charge on any atom is -0.330 e. The Morgan fingerprint density at radius 2 is 2.20 bits per heavy atom. The first kappa shape index (κ1) is 11.3. The Labute approximate surface area is 98.6 Å². The van der Waals surface area contributed by atoms with Crippen LogP contribution >= 0.6 is 23.1 Å². The molecule has 1 aromatic heterocycles. The first-order valence-electron chi connectivity index (χ1n) is 5.18. The van der Waals surface area contributed by atoms with Gasteiger partial charge in [0.25, 0.3) is 0 Å². The third-order valence-corrected chi connectivity index (χ3v) is 3.91. The van der Waals surface area contributed by atoms with E-state index in [2.05, 4.69) is 14.5 Å². The van der Waals surface area contributed by atoms with Crippen molar-refractivity contribution in [3.63, 3.8) is 0 Å². The molecule has 1 aliphatic heterocycles. The highest BCUT2D eigenvalue weighted by Crippen LogP contribution is 2.22. The Bertz CT molecular complexity index is 309. The van der Waals surface area contributed by atoms with Gasteiger partial charge in [-0.05, 0) is 38.4 Å². The number of piperidine rings is 1. The van der Waals surface area contributed by atoms with Gasteiger partial charge in [-0.25, -0.2) is 0 Å². The number of nitrogens with two attached hydrogens (primary N) is 1. The standard InChI is InChI=1S/C9H15ClN4S/c10-9-8(12-13-15-9)6-14-3-1-7(5-11)2-4-14/h7H,1-6,11H2. The Balaban J connectivity index is 1.85. The van der Waals surface area contributed by atoms with Gasteiger partial charge in [0.05, 0.1) is 0 Å². The van der Waals surface area contributed by atoms with Gasteiger partial charge in [0, 0.05) is 18.1 Å². The van der Waals surface area contributed by atoms with Gasteiger partial charge in [-0.15, -0.1) is 5.10 Å². The molecule has 4 nitrogen and oxygen atoms in total. The summed E-state index contributed by atoms with van der Waals surface area (Å²) >= 11 is 7.22. The summed E-state index contributed by atoms with van der Waals surface area (Å²) in [6.07, 6.45) is 2.37. The second-order valence-corrected chi connectivity index (χ2v) is 5.30. The van der Waals surface area contributed by atoms with E-state index in [1.54, 1.807) is 0 Å². The van der Waals surface area contributed by atoms with Crippen molar-refractivity contribution in [2.45, 2.75) is 19.4 Å². The fourth-order valence-corrected chi connectivity index (χ4v) is 2.50. The number of hydrogen-bond donors (Lipinski definition) is 1. The van der Waals surface area contributed by atoms with Crippen LogP contribution in [0.3, 0.4) is 0 Å². The molecule has 0 radical (unpaired) electrons. The van der Waals surface area contributed by atoms with Crippen LogP contribution in [-0.4, -0.2) is 34.1 Å². The summed E-state index contributed by atoms with van der Waals surface area (Å²) in [5.74, 6) is 0.699. The van der Waals surface area contributed by atoms with Crippen LogP contribution in [0.25, 0.3) is 0 Å². The van der Waals surface area contributed by atoms with Gasteiger partial charge >= 0.3 is 0 Å². The van der Waals surface area contributed by atoms with Crippen molar-refractivity contribution in [2.75, 3.05) is 19.6 Å². The van der Waals surface area contributed by atoms with E-state index < -0.39 is 0 Å². The van der Waals surface area contributed by atoms with Crippen molar-refractivity contribution in [3.8, 4) is 0 Å². The smallest absolute Gasteiger partial charge is 0.138 e. The molecule has 2 N–H and O–H groups in total. The molecule has 0 unspecified atom stereocenters. The third-order valence-electron chi connectivity index (χ3n) is 2.92. The largest absolute Gasteiger partial charge is 0.330 e. The summed E-state index contributed by atoms with van der Waals surface area (Å²) in [6.45, 7) is 3.82. The van der Waals surface area contributed by atoms with Gasteiger partial charge in [0.2, 0.25) is 0 Å². The number of aromatic nitrogens is 2. The minimum absolute atomic E-state index is 0.699. The lowest BCUT2D eigenvalue weighted by atomic mass is 9.97. The van der Waals surface area contributed by atoms with Crippen molar-refractivity contribution < 1.29 is 0 Å². The highest BCUT2D eigenvalue weighted by molar-refractivity contribution is 7.10. The molecule has 0 aliphatic carbocycles. The number of hydrogen-bond acceptors (Lipinski definition) is 5. The van der Waals surface area contributed by atoms with Crippen LogP contribution in [-0.2, 0) is 6.54 Å². The monoisotopic (exact) mass is 246 g/mol. The number of nitrogens with zero attached hydrogens (tertiary/aromatic N) is 3. The van der Waals surface area contributed by atoms with Crippen molar-refractivity contribution in [1.82, 2.24) is 14.5 Å². The minimum atomic E-state index is 0.699. The van der Waals surface area contributed by atoms with E-state index in [4.69, 9.17) is 17.3 Å². The van der Waals surface area contributed by atoms with Gasteiger partial charge in [-0.3, -0.25) is 4.90 Å². The van der Waals surface area contributed by atoms with Crippen molar-refractivity contribution in [1.29, 1.82) is 0 Å². The van der Waals surface area contributed by atoms with Crippen molar-refractivity contribution in [3.05, 3.63) is 10.0 Å². The molecule has 1 aromatic rings. The molecule has 84 valence electrons. The van der Waals surface area contributed by atoms with Crippen LogP contribution in [0.5, 0.6) is 0 Å². The molecule has 1 saturated heterocycles. The number of halogens is 1. The van der Waals surface area contributed by atoms with E-state index >= 15 is 0 Å². The van der Waals surface area contributed by atoms with Crippen molar-refractivity contribution >= 4 is 23.1 Å². The van der Waals surface area contributed by atoms with Crippen LogP contribution in [0.4, 0.5) is 0 Å². The Kier molecular flexibility index (Phi) is 3.91. The molecule has 0 spiro atoms. The van der Waals surface area contributed by atoms with Crippen LogP contribution in [0.15, 0.2) is 0 Å². The normalized spacial score (nSPS) is 19.6. The summed E-state index contributed by atoms with van der Waals surface area (Å²) in [5, 5.41) is 4.02. The van der Waals surface area contributed by atoms with Gasteiger partial charge in [0.1, 0.15) is 10.0 Å². The molecule has 1 aliphatic rings. The third kappa shape index (κ3) is 2.87. The topological polar surface area (TPSA) is 55.0 Å². The van der Waals surface area contributed by atoms with Gasteiger partial charge in [-0.2, -0.15) is 0 Å². The zero-order chi connectivity index (χ0) is 10.7. The zero-order valence-electron chi connectivity index (χ0n) is 8.53. The molecule has 1 fully saturated rings. The lowest BCUT2D eigenvalue weighted by molar-refractivity contribution is 0.178. The molecule has 2 heterocycles. The first-order valence-corrected chi connectivity index (χ1v) is 6.34. The Morgan fingerprint density at radius 1 is 1.47 bits per heavy atom. The summed E-state index contributed by atoms with van der Waals surface area (Å²) in [6, 6.07) is 0. The maximum absolute atomic E-state index is 5.96. The Hall–Kier alpha value is -0.230. The van der Waals surface area contributed by atoms with Crippen LogP contribution < -0.4 is 5.73 Å². The highest BCUT2D eigenvalue weighted by Gasteiger charge is 2.19. The van der Waals surface area contributed by atoms with Crippen molar-refractivity contribution in [2.24, 2.45) is 11.7 Å². The fourth-order valence-electron chi connectivity index (χ4n) is 1.88. The SMILES string of the molecule is NCC1CCN(Cc2nnsc2Cl)CC1. The van der Waals surface area contributed by atoms with E-state index in [-0.39, 0.29) is 0 Å². The van der Waals surface area contributed by atoms with E-state index in [0.717, 1.165) is 36.2 Å². The van der Waals surface area contributed by atoms with Gasteiger partial charge < -0.3 is 5.73 Å². The van der Waals surface area contributed by atoms with E-state index in [0.29, 0.717) is 5.92 Å². The zero-order valence-corrected chi connectivity index (χ0v) is 10.1. The van der Waals surface area contributed by atoms with Gasteiger partial charge in [0.15, 0.2) is 0 Å². The van der Waals surface area contributed by atoms with Gasteiger partial charge in [-0.1, -0.05) is 16.1 Å². The fraction of sp³-hybridized carbons (Fsp3) is 0.778. The summed E-state index contributed by atoms with van der Waals surface area (Å²) in [7, 11) is 0. The van der Waals surface area contributed by atoms with E-state index in [1.165, 1.54) is 24.4 Å². The second kappa shape index (κ2) is 5.21. The van der Waals surface area contributed by atoms with Crippen LogP contribution in [0.1, 0.15) is 18.5 Å². The average molecular weight is 247 g/mol. The predicted octanol–water partition coefficient (Wildman–Crippen LogP) is 1.36. The molecule has 0 amide bonds. The molecule has 0 saturated carbocycles. The summed E-state index contributed by atoms with van der Waals surface area (Å²) in [4.78, 5) is 2.37. The molecule has 0 bridgehead atoms. The summed E-state index contributed by atoms with van der Waals surface area (Å²) in [5.41, 5.74) is 6.56. The molecule has 0 aromatic carbocycles. The Morgan fingerprint density at radius 3 is 2.73 bits per heavy atom.